The molecule has 0 spiro atoms. The van der Waals surface area contributed by atoms with Crippen LogP contribution in [0.1, 0.15) is 30.0 Å². The van der Waals surface area contributed by atoms with Crippen LogP contribution in [0.25, 0.3) is 27.9 Å². The Kier molecular flexibility index (Phi) is 4.19. The second-order valence-electron chi connectivity index (χ2n) is 7.46. The maximum Gasteiger partial charge on any atom is 0.280 e. The van der Waals surface area contributed by atoms with Gasteiger partial charge in [-0.2, -0.15) is 0 Å². The van der Waals surface area contributed by atoms with Gasteiger partial charge in [-0.1, -0.05) is 41.4 Å². The van der Waals surface area contributed by atoms with E-state index >= 15 is 0 Å². The molecule has 1 aliphatic rings. The lowest BCUT2D eigenvalue weighted by Crippen LogP contribution is -2.17. The van der Waals surface area contributed by atoms with Crippen LogP contribution in [0.5, 0.6) is 5.75 Å². The van der Waals surface area contributed by atoms with Crippen molar-refractivity contribution in [2.24, 2.45) is 0 Å². The molecule has 2 aromatic carbocycles. The molecule has 29 heavy (non-hydrogen) atoms. The number of aryl methyl sites for hydroxylation is 1. The van der Waals surface area contributed by atoms with Crippen molar-refractivity contribution in [1.29, 1.82) is 0 Å². The number of nitrogens with one attached hydrogen (secondary N) is 1. The van der Waals surface area contributed by atoms with Gasteiger partial charge in [-0.3, -0.25) is 9.89 Å². The summed E-state index contributed by atoms with van der Waals surface area (Å²) in [4.78, 5) is 17.8. The van der Waals surface area contributed by atoms with Crippen LogP contribution >= 0.6 is 23.2 Å². The molecule has 0 bridgehead atoms. The van der Waals surface area contributed by atoms with Crippen molar-refractivity contribution in [2.45, 2.75) is 25.7 Å². The Labute approximate surface area is 176 Å². The minimum Gasteiger partial charge on any atom is -0.507 e. The summed E-state index contributed by atoms with van der Waals surface area (Å²) in [6, 6.07) is 10.7. The first-order valence-electron chi connectivity index (χ1n) is 9.33. The molecular formula is C22H17Cl2N3O2. The van der Waals surface area contributed by atoms with Gasteiger partial charge < -0.3 is 5.11 Å². The molecule has 0 aliphatic heterocycles. The largest absolute Gasteiger partial charge is 0.507 e. The van der Waals surface area contributed by atoms with Gasteiger partial charge in [0.25, 0.3) is 5.56 Å². The van der Waals surface area contributed by atoms with Crippen molar-refractivity contribution >= 4 is 28.8 Å². The molecule has 1 saturated carbocycles. The van der Waals surface area contributed by atoms with Gasteiger partial charge in [-0.15, -0.1) is 0 Å². The number of nitrogens with zero attached hydrogens (tertiary/aromatic N) is 2. The average molecular weight is 426 g/mol. The molecule has 146 valence electrons. The van der Waals surface area contributed by atoms with Crippen molar-refractivity contribution < 1.29 is 5.11 Å². The minimum absolute atomic E-state index is 0.0579. The Morgan fingerprint density at radius 2 is 1.90 bits per heavy atom. The van der Waals surface area contributed by atoms with E-state index in [1.165, 1.54) is 10.7 Å². The summed E-state index contributed by atoms with van der Waals surface area (Å²) >= 11 is 12.3. The highest BCUT2D eigenvalue weighted by molar-refractivity contribution is 6.42. The number of fused-ring (bicyclic) bond motifs is 1. The quantitative estimate of drug-likeness (QED) is 0.451. The molecule has 7 heteroatoms. The Morgan fingerprint density at radius 3 is 2.59 bits per heavy atom. The predicted octanol–water partition coefficient (Wildman–Crippen LogP) is 5.55. The van der Waals surface area contributed by atoms with Crippen LogP contribution in [0.15, 0.2) is 47.4 Å². The molecule has 0 radical (unpaired) electrons. The number of halogens is 2. The molecular weight excluding hydrogens is 409 g/mol. The third-order valence-corrected chi connectivity index (χ3v) is 6.06. The maximum atomic E-state index is 13.3. The third kappa shape index (κ3) is 3.02. The van der Waals surface area contributed by atoms with E-state index < -0.39 is 0 Å². The lowest BCUT2D eigenvalue weighted by molar-refractivity contribution is 0.477. The molecule has 5 nitrogen and oxygen atoms in total. The number of phenolic OH excluding ortho intramolecular Hbond substituents is 1. The first-order valence-corrected chi connectivity index (χ1v) is 10.1. The van der Waals surface area contributed by atoms with Crippen LogP contribution in [0.4, 0.5) is 0 Å². The Bertz CT molecular complexity index is 1340. The second-order valence-corrected chi connectivity index (χ2v) is 8.27. The minimum atomic E-state index is -0.262. The van der Waals surface area contributed by atoms with E-state index in [9.17, 15) is 9.90 Å². The van der Waals surface area contributed by atoms with Crippen LogP contribution in [-0.4, -0.2) is 19.7 Å². The van der Waals surface area contributed by atoms with Gasteiger partial charge in [0.05, 0.1) is 15.6 Å². The van der Waals surface area contributed by atoms with E-state index in [1.807, 2.05) is 19.1 Å². The maximum absolute atomic E-state index is 13.3. The normalized spacial score (nSPS) is 13.9. The van der Waals surface area contributed by atoms with Crippen LogP contribution in [0, 0.1) is 6.92 Å². The van der Waals surface area contributed by atoms with Crippen molar-refractivity contribution in [3.8, 4) is 28.0 Å². The molecule has 0 atom stereocenters. The highest BCUT2D eigenvalue weighted by Gasteiger charge is 2.31. The van der Waals surface area contributed by atoms with Crippen molar-refractivity contribution in [1.82, 2.24) is 14.6 Å². The predicted molar refractivity (Wildman–Crippen MR) is 115 cm³/mol. The molecule has 2 heterocycles. The monoisotopic (exact) mass is 425 g/mol. The van der Waals surface area contributed by atoms with Crippen LogP contribution in [0.2, 0.25) is 10.0 Å². The third-order valence-electron chi connectivity index (χ3n) is 5.32. The van der Waals surface area contributed by atoms with E-state index in [-0.39, 0.29) is 11.3 Å². The molecule has 1 fully saturated rings. The van der Waals surface area contributed by atoms with Gasteiger partial charge in [0.15, 0.2) is 5.65 Å². The summed E-state index contributed by atoms with van der Waals surface area (Å²) in [5.41, 5.74) is 4.68. The number of phenols is 1. The van der Waals surface area contributed by atoms with Gasteiger partial charge in [0.1, 0.15) is 5.75 Å². The summed E-state index contributed by atoms with van der Waals surface area (Å²) in [6.45, 7) is 1.88. The van der Waals surface area contributed by atoms with Crippen molar-refractivity contribution in [2.75, 3.05) is 0 Å². The summed E-state index contributed by atoms with van der Waals surface area (Å²) in [7, 11) is 0. The van der Waals surface area contributed by atoms with Gasteiger partial charge in [0.2, 0.25) is 0 Å². The van der Waals surface area contributed by atoms with Gasteiger partial charge in [-0.25, -0.2) is 9.50 Å². The first-order chi connectivity index (χ1) is 13.9. The van der Waals surface area contributed by atoms with E-state index in [0.29, 0.717) is 32.7 Å². The number of hydrogen-bond donors (Lipinski definition) is 2. The number of aromatic amines is 1. The van der Waals surface area contributed by atoms with E-state index in [2.05, 4.69) is 10.1 Å². The molecule has 2 aromatic heterocycles. The zero-order valence-electron chi connectivity index (χ0n) is 15.5. The number of aromatic nitrogens is 3. The van der Waals surface area contributed by atoms with Crippen molar-refractivity contribution in [3.63, 3.8) is 0 Å². The van der Waals surface area contributed by atoms with Gasteiger partial charge in [0, 0.05) is 28.9 Å². The fraction of sp³-hybridized carbons (Fsp3) is 0.182. The number of aromatic hydroxyl groups is 1. The fourth-order valence-corrected chi connectivity index (χ4v) is 3.99. The Morgan fingerprint density at radius 1 is 1.10 bits per heavy atom. The number of benzene rings is 2. The zero-order valence-corrected chi connectivity index (χ0v) is 17.1. The highest BCUT2D eigenvalue weighted by Crippen LogP contribution is 2.45. The van der Waals surface area contributed by atoms with Crippen LogP contribution in [-0.2, 0) is 0 Å². The molecule has 5 rings (SSSR count). The molecule has 0 amide bonds. The highest BCUT2D eigenvalue weighted by atomic mass is 35.5. The lowest BCUT2D eigenvalue weighted by Gasteiger charge is -2.06. The smallest absolute Gasteiger partial charge is 0.280 e. The molecule has 1 aliphatic carbocycles. The summed E-state index contributed by atoms with van der Waals surface area (Å²) in [5.74, 6) is 0.416. The van der Waals surface area contributed by atoms with Crippen LogP contribution < -0.4 is 5.56 Å². The molecule has 2 N–H and O–H groups in total. The van der Waals surface area contributed by atoms with Gasteiger partial charge in [-0.05, 0) is 49.1 Å². The molecule has 0 saturated heterocycles. The van der Waals surface area contributed by atoms with Gasteiger partial charge >= 0.3 is 0 Å². The SMILES string of the molecule is Cc1ccc(-c2cnc3c(-c4ccc(Cl)c(Cl)c4)c(C4CC4)[nH]n3c2=O)c(O)c1. The first kappa shape index (κ1) is 18.3. The topological polar surface area (TPSA) is 70.4 Å². The fourth-order valence-electron chi connectivity index (χ4n) is 3.69. The number of H-pyrrole nitrogens is 1. The average Bonchev–Trinajstić information content (AvgIpc) is 3.45. The Hall–Kier alpha value is -2.76. The number of rotatable bonds is 3. The Balaban J connectivity index is 1.77. The molecule has 4 aromatic rings. The van der Waals surface area contributed by atoms with Crippen molar-refractivity contribution in [3.05, 3.63) is 74.3 Å². The van der Waals surface area contributed by atoms with E-state index in [0.717, 1.165) is 35.2 Å². The second kappa shape index (κ2) is 6.65. The lowest BCUT2D eigenvalue weighted by atomic mass is 10.0. The van der Waals surface area contributed by atoms with E-state index in [1.54, 1.807) is 24.3 Å². The standard InChI is InChI=1S/C22H17Cl2N3O2/c1-11-2-6-14(18(28)8-11)15-10-25-21-19(13-5-7-16(23)17(24)9-13)20(12-3-4-12)26-27(21)22(15)29/h2,5-10,12,26,28H,3-4H2,1H3. The number of hydrogen-bond acceptors (Lipinski definition) is 3. The summed E-state index contributed by atoms with van der Waals surface area (Å²) in [5, 5.41) is 14.5. The zero-order chi connectivity index (χ0) is 20.3. The summed E-state index contributed by atoms with van der Waals surface area (Å²) in [6.07, 6.45) is 3.64. The molecule has 0 unspecified atom stereocenters. The summed E-state index contributed by atoms with van der Waals surface area (Å²) < 4.78 is 1.46. The van der Waals surface area contributed by atoms with Crippen LogP contribution in [0.3, 0.4) is 0 Å². The van der Waals surface area contributed by atoms with E-state index in [4.69, 9.17) is 23.2 Å².